The van der Waals surface area contributed by atoms with Crippen LogP contribution in [-0.4, -0.2) is 38.8 Å². The lowest BCUT2D eigenvalue weighted by molar-refractivity contribution is 0.0962. The molecule has 5 nitrogen and oxygen atoms in total. The summed E-state index contributed by atoms with van der Waals surface area (Å²) in [6.45, 7) is 5.37. The van der Waals surface area contributed by atoms with Gasteiger partial charge in [0.2, 0.25) is 0 Å². The molecule has 0 saturated carbocycles. The molecular formula is C29H34N2O3. The smallest absolute Gasteiger partial charge is 0.258 e. The Kier molecular flexibility index (Phi) is 7.53. The van der Waals surface area contributed by atoms with Crippen LogP contribution < -0.4 is 19.7 Å². The van der Waals surface area contributed by atoms with Crippen molar-refractivity contribution in [3.8, 4) is 22.6 Å². The van der Waals surface area contributed by atoms with E-state index in [0.717, 1.165) is 36.2 Å². The third kappa shape index (κ3) is 4.95. The maximum Gasteiger partial charge on any atom is 0.258 e. The molecule has 3 aromatic carbocycles. The summed E-state index contributed by atoms with van der Waals surface area (Å²) >= 11 is 0. The number of carbonyl (C=O) groups is 1. The molecule has 4 rings (SSSR count). The minimum Gasteiger partial charge on any atom is -0.493 e. The SMILES string of the molecule is COc1ccc(C(=O)N(c2cccc(-c3ccccc3)c2)[C@@H](C(C)C)C2CCCN2)cc1OC. The third-order valence-electron chi connectivity index (χ3n) is 6.57. The molecule has 0 aliphatic carbocycles. The maximum absolute atomic E-state index is 14.2. The molecule has 0 radical (unpaired) electrons. The molecule has 1 fully saturated rings. The van der Waals surface area contributed by atoms with Gasteiger partial charge in [-0.25, -0.2) is 0 Å². The van der Waals surface area contributed by atoms with Crippen molar-refractivity contribution in [1.29, 1.82) is 0 Å². The van der Waals surface area contributed by atoms with Crippen molar-refractivity contribution < 1.29 is 14.3 Å². The number of methoxy groups -OCH3 is 2. The van der Waals surface area contributed by atoms with Gasteiger partial charge in [-0.15, -0.1) is 0 Å². The molecule has 34 heavy (non-hydrogen) atoms. The van der Waals surface area contributed by atoms with Gasteiger partial charge in [-0.2, -0.15) is 0 Å². The van der Waals surface area contributed by atoms with Crippen molar-refractivity contribution in [3.05, 3.63) is 78.4 Å². The van der Waals surface area contributed by atoms with E-state index in [4.69, 9.17) is 9.47 Å². The lowest BCUT2D eigenvalue weighted by Crippen LogP contribution is -2.53. The van der Waals surface area contributed by atoms with Gasteiger partial charge in [-0.05, 0) is 66.8 Å². The molecule has 1 N–H and O–H groups in total. The highest BCUT2D eigenvalue weighted by atomic mass is 16.5. The largest absolute Gasteiger partial charge is 0.493 e. The van der Waals surface area contributed by atoms with Crippen LogP contribution in [0.25, 0.3) is 11.1 Å². The minimum absolute atomic E-state index is 0.00844. The molecule has 1 aliphatic rings. The number of benzene rings is 3. The highest BCUT2D eigenvalue weighted by molar-refractivity contribution is 6.07. The quantitative estimate of drug-likeness (QED) is 0.464. The van der Waals surface area contributed by atoms with E-state index in [-0.39, 0.29) is 23.9 Å². The standard InChI is InChI=1S/C29H34N2O3/c1-20(2)28(25-14-9-17-30-25)31(29(32)23-15-16-26(33-3)27(19-23)34-4)24-13-8-12-22(18-24)21-10-6-5-7-11-21/h5-8,10-13,15-16,18-20,25,28,30H,9,14,17H2,1-4H3/t25?,28-/m0/s1. The van der Waals surface area contributed by atoms with Crippen LogP contribution in [0.5, 0.6) is 11.5 Å². The van der Waals surface area contributed by atoms with Crippen molar-refractivity contribution in [2.45, 2.75) is 38.8 Å². The van der Waals surface area contributed by atoms with E-state index in [1.165, 1.54) is 0 Å². The zero-order chi connectivity index (χ0) is 24.1. The number of nitrogens with zero attached hydrogens (tertiary/aromatic N) is 1. The Morgan fingerprint density at radius 2 is 1.65 bits per heavy atom. The highest BCUT2D eigenvalue weighted by Crippen LogP contribution is 2.34. The first-order valence-corrected chi connectivity index (χ1v) is 12.0. The summed E-state index contributed by atoms with van der Waals surface area (Å²) in [6, 6.07) is 24.2. The molecule has 1 saturated heterocycles. The minimum atomic E-state index is -0.0430. The van der Waals surface area contributed by atoms with Crippen LogP contribution >= 0.6 is 0 Å². The first-order chi connectivity index (χ1) is 16.5. The van der Waals surface area contributed by atoms with Crippen LogP contribution in [0.2, 0.25) is 0 Å². The summed E-state index contributed by atoms with van der Waals surface area (Å²) in [5, 5.41) is 3.64. The molecule has 0 aromatic heterocycles. The molecule has 1 amide bonds. The van der Waals surface area contributed by atoms with E-state index in [9.17, 15) is 4.79 Å². The Morgan fingerprint density at radius 1 is 0.912 bits per heavy atom. The molecule has 1 aliphatic heterocycles. The lowest BCUT2D eigenvalue weighted by atomic mass is 9.91. The van der Waals surface area contributed by atoms with Gasteiger partial charge < -0.3 is 19.7 Å². The topological polar surface area (TPSA) is 50.8 Å². The van der Waals surface area contributed by atoms with Crippen molar-refractivity contribution in [2.75, 3.05) is 25.7 Å². The van der Waals surface area contributed by atoms with E-state index < -0.39 is 0 Å². The van der Waals surface area contributed by atoms with Gasteiger partial charge in [0.05, 0.1) is 20.3 Å². The number of carbonyl (C=O) groups excluding carboxylic acids is 1. The third-order valence-corrected chi connectivity index (χ3v) is 6.57. The first-order valence-electron chi connectivity index (χ1n) is 12.0. The molecule has 0 bridgehead atoms. The van der Waals surface area contributed by atoms with E-state index in [1.807, 2.05) is 41.3 Å². The van der Waals surface area contributed by atoms with Crippen molar-refractivity contribution in [2.24, 2.45) is 5.92 Å². The summed E-state index contributed by atoms with van der Waals surface area (Å²) in [7, 11) is 3.19. The van der Waals surface area contributed by atoms with Crippen LogP contribution in [-0.2, 0) is 0 Å². The number of amides is 1. The van der Waals surface area contributed by atoms with E-state index in [0.29, 0.717) is 17.1 Å². The average Bonchev–Trinajstić information content (AvgIpc) is 3.41. The number of nitrogens with one attached hydrogen (secondary N) is 1. The molecule has 5 heteroatoms. The molecule has 3 aromatic rings. The fourth-order valence-corrected chi connectivity index (χ4v) is 4.94. The Morgan fingerprint density at radius 3 is 2.29 bits per heavy atom. The van der Waals surface area contributed by atoms with Gasteiger partial charge in [0.15, 0.2) is 11.5 Å². The predicted octanol–water partition coefficient (Wildman–Crippen LogP) is 5.79. The number of rotatable bonds is 8. The van der Waals surface area contributed by atoms with Crippen molar-refractivity contribution in [3.63, 3.8) is 0 Å². The average molecular weight is 459 g/mol. The van der Waals surface area contributed by atoms with E-state index >= 15 is 0 Å². The summed E-state index contributed by atoms with van der Waals surface area (Å²) < 4.78 is 10.9. The highest BCUT2D eigenvalue weighted by Gasteiger charge is 2.36. The fourth-order valence-electron chi connectivity index (χ4n) is 4.94. The van der Waals surface area contributed by atoms with Crippen LogP contribution in [0.15, 0.2) is 72.8 Å². The second-order valence-electron chi connectivity index (χ2n) is 9.10. The van der Waals surface area contributed by atoms with Gasteiger partial charge >= 0.3 is 0 Å². The fraction of sp³-hybridized carbons (Fsp3) is 0.345. The Labute approximate surface area is 202 Å². The van der Waals surface area contributed by atoms with Gasteiger partial charge in [0.25, 0.3) is 5.91 Å². The lowest BCUT2D eigenvalue weighted by Gasteiger charge is -2.39. The molecule has 0 spiro atoms. The molecule has 178 valence electrons. The monoisotopic (exact) mass is 458 g/mol. The number of hydrogen-bond acceptors (Lipinski definition) is 4. The molecular weight excluding hydrogens is 424 g/mol. The number of hydrogen-bond donors (Lipinski definition) is 1. The second kappa shape index (κ2) is 10.7. The first kappa shape index (κ1) is 23.8. The van der Waals surface area contributed by atoms with Crippen LogP contribution in [0.3, 0.4) is 0 Å². The summed E-state index contributed by atoms with van der Waals surface area (Å²) in [5.41, 5.74) is 3.69. The zero-order valence-corrected chi connectivity index (χ0v) is 20.5. The van der Waals surface area contributed by atoms with Crippen LogP contribution in [0.4, 0.5) is 5.69 Å². The summed E-state index contributed by atoms with van der Waals surface area (Å²) in [6.07, 6.45) is 2.17. The second-order valence-corrected chi connectivity index (χ2v) is 9.10. The Balaban J connectivity index is 1.81. The maximum atomic E-state index is 14.2. The molecule has 1 heterocycles. The van der Waals surface area contributed by atoms with Crippen LogP contribution in [0, 0.1) is 5.92 Å². The van der Waals surface area contributed by atoms with Gasteiger partial charge in [-0.3, -0.25) is 4.79 Å². The van der Waals surface area contributed by atoms with Gasteiger partial charge in [0.1, 0.15) is 0 Å². The number of anilines is 1. The van der Waals surface area contributed by atoms with E-state index in [2.05, 4.69) is 43.4 Å². The van der Waals surface area contributed by atoms with E-state index in [1.54, 1.807) is 26.4 Å². The molecule has 2 atom stereocenters. The Bertz CT molecular complexity index is 1110. The van der Waals surface area contributed by atoms with Crippen molar-refractivity contribution in [1.82, 2.24) is 5.32 Å². The summed E-state index contributed by atoms with van der Waals surface area (Å²) in [5.74, 6) is 1.37. The Hall–Kier alpha value is -3.31. The molecule has 1 unspecified atom stereocenters. The van der Waals surface area contributed by atoms with Crippen molar-refractivity contribution >= 4 is 11.6 Å². The summed E-state index contributed by atoms with van der Waals surface area (Å²) in [4.78, 5) is 16.2. The van der Waals surface area contributed by atoms with Gasteiger partial charge in [-0.1, -0.05) is 56.3 Å². The van der Waals surface area contributed by atoms with Gasteiger partial charge in [0, 0.05) is 17.3 Å². The number of ether oxygens (including phenoxy) is 2. The van der Waals surface area contributed by atoms with Crippen LogP contribution in [0.1, 0.15) is 37.0 Å². The normalized spacial score (nSPS) is 16.3. The zero-order valence-electron chi connectivity index (χ0n) is 20.5. The predicted molar refractivity (Wildman–Crippen MR) is 138 cm³/mol.